The molecule has 1 aliphatic carbocycles. The second-order valence-corrected chi connectivity index (χ2v) is 6.04. The van der Waals surface area contributed by atoms with Gasteiger partial charge in [0.25, 0.3) is 0 Å². The van der Waals surface area contributed by atoms with Crippen LogP contribution in [0.2, 0.25) is 0 Å². The highest BCUT2D eigenvalue weighted by atomic mass is 79.9. The zero-order valence-corrected chi connectivity index (χ0v) is 12.9. The molecule has 0 bridgehead atoms. The summed E-state index contributed by atoms with van der Waals surface area (Å²) in [7, 11) is 0. The van der Waals surface area contributed by atoms with Crippen LogP contribution in [0.5, 0.6) is 0 Å². The molecule has 1 aromatic carbocycles. The van der Waals surface area contributed by atoms with Crippen molar-refractivity contribution in [2.75, 3.05) is 5.32 Å². The molecule has 0 spiro atoms. The van der Waals surface area contributed by atoms with Gasteiger partial charge in [0.2, 0.25) is 0 Å². The normalized spacial score (nSPS) is 16.2. The largest absolute Gasteiger partial charge is 0.345 e. The summed E-state index contributed by atoms with van der Waals surface area (Å²) in [5.74, 6) is -1.15. The van der Waals surface area contributed by atoms with Crippen molar-refractivity contribution < 1.29 is 9.59 Å². The standard InChI is InChI=1S/C15H19BrN2O2/c16-11-6-5-9-13(10-11)18-15(20)14(19)17-12-7-3-1-2-4-8-12/h5-6,9-10,12H,1-4,7-8H2,(H,17,19)(H,18,20). The van der Waals surface area contributed by atoms with E-state index in [0.717, 1.165) is 30.2 Å². The van der Waals surface area contributed by atoms with Gasteiger partial charge in [-0.3, -0.25) is 9.59 Å². The van der Waals surface area contributed by atoms with Gasteiger partial charge >= 0.3 is 11.8 Å². The van der Waals surface area contributed by atoms with Gasteiger partial charge in [0.1, 0.15) is 0 Å². The molecule has 0 heterocycles. The molecule has 0 unspecified atom stereocenters. The first-order chi connectivity index (χ1) is 9.65. The average molecular weight is 339 g/mol. The Morgan fingerprint density at radius 3 is 2.40 bits per heavy atom. The average Bonchev–Trinajstić information content (AvgIpc) is 2.67. The lowest BCUT2D eigenvalue weighted by Gasteiger charge is -2.15. The van der Waals surface area contributed by atoms with E-state index in [0.29, 0.717) is 5.69 Å². The number of nitrogens with one attached hydrogen (secondary N) is 2. The quantitative estimate of drug-likeness (QED) is 0.642. The molecule has 0 saturated heterocycles. The van der Waals surface area contributed by atoms with Crippen molar-refractivity contribution in [3.8, 4) is 0 Å². The Balaban J connectivity index is 1.86. The Hall–Kier alpha value is -1.36. The molecular formula is C15H19BrN2O2. The molecule has 4 nitrogen and oxygen atoms in total. The molecule has 1 aromatic rings. The van der Waals surface area contributed by atoms with Crippen LogP contribution < -0.4 is 10.6 Å². The van der Waals surface area contributed by atoms with E-state index in [4.69, 9.17) is 0 Å². The summed E-state index contributed by atoms with van der Waals surface area (Å²) in [5.41, 5.74) is 0.611. The SMILES string of the molecule is O=C(Nc1cccc(Br)c1)C(=O)NC1CCCCCC1. The third-order valence-electron chi connectivity index (χ3n) is 3.48. The van der Waals surface area contributed by atoms with Crippen molar-refractivity contribution in [1.29, 1.82) is 0 Å². The fraction of sp³-hybridized carbons (Fsp3) is 0.467. The van der Waals surface area contributed by atoms with Gasteiger partial charge in [-0.25, -0.2) is 0 Å². The molecule has 0 aliphatic heterocycles. The third kappa shape index (κ3) is 4.63. The first-order valence-electron chi connectivity index (χ1n) is 7.02. The summed E-state index contributed by atoms with van der Waals surface area (Å²) < 4.78 is 0.861. The number of carbonyl (C=O) groups excluding carboxylic acids is 2. The highest BCUT2D eigenvalue weighted by Crippen LogP contribution is 2.18. The maximum Gasteiger partial charge on any atom is 0.313 e. The van der Waals surface area contributed by atoms with E-state index in [9.17, 15) is 9.59 Å². The summed E-state index contributed by atoms with van der Waals surface area (Å²) in [5, 5.41) is 5.44. The zero-order valence-electron chi connectivity index (χ0n) is 11.3. The molecule has 1 fully saturated rings. The summed E-state index contributed by atoms with van der Waals surface area (Å²) >= 11 is 3.33. The molecule has 2 N–H and O–H groups in total. The molecule has 2 rings (SSSR count). The lowest BCUT2D eigenvalue weighted by atomic mass is 10.1. The summed E-state index contributed by atoms with van der Waals surface area (Å²) in [6.07, 6.45) is 6.62. The predicted octanol–water partition coefficient (Wildman–Crippen LogP) is 3.23. The van der Waals surface area contributed by atoms with Crippen molar-refractivity contribution in [2.24, 2.45) is 0 Å². The van der Waals surface area contributed by atoms with Crippen LogP contribution in [-0.2, 0) is 9.59 Å². The van der Waals surface area contributed by atoms with Gasteiger partial charge in [0, 0.05) is 16.2 Å². The van der Waals surface area contributed by atoms with E-state index in [1.165, 1.54) is 12.8 Å². The lowest BCUT2D eigenvalue weighted by molar-refractivity contribution is -0.136. The molecule has 1 aliphatic rings. The van der Waals surface area contributed by atoms with Gasteiger partial charge in [0.15, 0.2) is 0 Å². The smallest absolute Gasteiger partial charge is 0.313 e. The molecule has 2 amide bonds. The Labute approximate surface area is 127 Å². The van der Waals surface area contributed by atoms with Gasteiger partial charge in [0.05, 0.1) is 0 Å². The number of hydrogen-bond acceptors (Lipinski definition) is 2. The minimum Gasteiger partial charge on any atom is -0.345 e. The highest BCUT2D eigenvalue weighted by molar-refractivity contribution is 9.10. The zero-order chi connectivity index (χ0) is 14.4. The highest BCUT2D eigenvalue weighted by Gasteiger charge is 2.19. The Morgan fingerprint density at radius 2 is 1.75 bits per heavy atom. The molecule has 0 radical (unpaired) electrons. The second-order valence-electron chi connectivity index (χ2n) is 5.13. The van der Waals surface area contributed by atoms with E-state index < -0.39 is 11.8 Å². The Kier molecular flexibility index (Phi) is 5.59. The van der Waals surface area contributed by atoms with Crippen LogP contribution in [0.4, 0.5) is 5.69 Å². The molecule has 5 heteroatoms. The van der Waals surface area contributed by atoms with Crippen LogP contribution in [0.15, 0.2) is 28.7 Å². The number of halogens is 1. The van der Waals surface area contributed by atoms with E-state index in [2.05, 4.69) is 26.6 Å². The van der Waals surface area contributed by atoms with Crippen molar-refractivity contribution in [1.82, 2.24) is 5.32 Å². The van der Waals surface area contributed by atoms with E-state index in [-0.39, 0.29) is 6.04 Å². The van der Waals surface area contributed by atoms with Crippen molar-refractivity contribution >= 4 is 33.4 Å². The molecule has 0 aromatic heterocycles. The van der Waals surface area contributed by atoms with Crippen LogP contribution in [0.3, 0.4) is 0 Å². The number of hydrogen-bond donors (Lipinski definition) is 2. The second kappa shape index (κ2) is 7.43. The topological polar surface area (TPSA) is 58.2 Å². The predicted molar refractivity (Wildman–Crippen MR) is 82.4 cm³/mol. The minimum atomic E-state index is -0.604. The number of benzene rings is 1. The van der Waals surface area contributed by atoms with Crippen LogP contribution in [-0.4, -0.2) is 17.9 Å². The summed E-state index contributed by atoms with van der Waals surface area (Å²) in [6.45, 7) is 0. The van der Waals surface area contributed by atoms with Crippen molar-refractivity contribution in [2.45, 2.75) is 44.6 Å². The van der Waals surface area contributed by atoms with Crippen molar-refractivity contribution in [3.63, 3.8) is 0 Å². The van der Waals surface area contributed by atoms with Gasteiger partial charge in [-0.1, -0.05) is 47.7 Å². The maximum absolute atomic E-state index is 11.9. The number of anilines is 1. The molecule has 1 saturated carbocycles. The van der Waals surface area contributed by atoms with Gasteiger partial charge in [-0.2, -0.15) is 0 Å². The Bertz CT molecular complexity index is 483. The van der Waals surface area contributed by atoms with Crippen LogP contribution in [0, 0.1) is 0 Å². The molecule has 0 atom stereocenters. The third-order valence-corrected chi connectivity index (χ3v) is 3.97. The fourth-order valence-electron chi connectivity index (χ4n) is 2.43. The minimum absolute atomic E-state index is 0.137. The van der Waals surface area contributed by atoms with Gasteiger partial charge in [-0.05, 0) is 31.0 Å². The first-order valence-corrected chi connectivity index (χ1v) is 7.82. The number of carbonyl (C=O) groups is 2. The van der Waals surface area contributed by atoms with Gasteiger partial charge < -0.3 is 10.6 Å². The summed E-state index contributed by atoms with van der Waals surface area (Å²) in [6, 6.07) is 7.32. The lowest BCUT2D eigenvalue weighted by Crippen LogP contribution is -2.41. The van der Waals surface area contributed by atoms with Crippen LogP contribution in [0.1, 0.15) is 38.5 Å². The van der Waals surface area contributed by atoms with Crippen molar-refractivity contribution in [3.05, 3.63) is 28.7 Å². The van der Waals surface area contributed by atoms with Crippen LogP contribution >= 0.6 is 15.9 Å². The van der Waals surface area contributed by atoms with E-state index in [1.807, 2.05) is 12.1 Å². The molecular weight excluding hydrogens is 320 g/mol. The summed E-state index contributed by atoms with van der Waals surface area (Å²) in [4.78, 5) is 23.7. The molecule has 20 heavy (non-hydrogen) atoms. The van der Waals surface area contributed by atoms with E-state index in [1.54, 1.807) is 12.1 Å². The monoisotopic (exact) mass is 338 g/mol. The first kappa shape index (κ1) is 15.0. The number of rotatable bonds is 2. The Morgan fingerprint density at radius 1 is 1.05 bits per heavy atom. The molecule has 108 valence electrons. The van der Waals surface area contributed by atoms with Crippen LogP contribution in [0.25, 0.3) is 0 Å². The maximum atomic E-state index is 11.9. The van der Waals surface area contributed by atoms with E-state index >= 15 is 0 Å². The number of amides is 2. The van der Waals surface area contributed by atoms with Gasteiger partial charge in [-0.15, -0.1) is 0 Å². The fourth-order valence-corrected chi connectivity index (χ4v) is 2.83.